The number of rotatable bonds is 3. The summed E-state index contributed by atoms with van der Waals surface area (Å²) in [6, 6.07) is 2.37. The number of halogens is 3. The number of phenols is 1. The van der Waals surface area contributed by atoms with E-state index < -0.39 is 11.9 Å². The summed E-state index contributed by atoms with van der Waals surface area (Å²) in [5, 5.41) is 9.41. The molecule has 2 nitrogen and oxygen atoms in total. The highest BCUT2D eigenvalue weighted by atomic mass is 79.9. The first-order valence-corrected chi connectivity index (χ1v) is 4.90. The fourth-order valence-electron chi connectivity index (χ4n) is 1.18. The number of aromatic hydroxyl groups is 1. The molecule has 1 atom stereocenters. The van der Waals surface area contributed by atoms with Gasteiger partial charge in [0.1, 0.15) is 0 Å². The quantitative estimate of drug-likeness (QED) is 0.841. The summed E-state index contributed by atoms with van der Waals surface area (Å²) in [6.07, 6.45) is 2.12. The Labute approximate surface area is 103 Å². The van der Waals surface area contributed by atoms with Crippen molar-refractivity contribution in [2.24, 2.45) is 5.73 Å². The van der Waals surface area contributed by atoms with Crippen LogP contribution in [0, 0.1) is 5.82 Å². The van der Waals surface area contributed by atoms with Gasteiger partial charge in [-0.1, -0.05) is 22.0 Å². The van der Waals surface area contributed by atoms with Gasteiger partial charge in [0.05, 0.1) is 0 Å². The van der Waals surface area contributed by atoms with Gasteiger partial charge in [0.25, 0.3) is 0 Å². The van der Waals surface area contributed by atoms with Gasteiger partial charge in [-0.15, -0.1) is 19.0 Å². The maximum Gasteiger partial charge on any atom is 0.166 e. The molecule has 0 bridgehead atoms. The Morgan fingerprint density at radius 3 is 2.73 bits per heavy atom. The van der Waals surface area contributed by atoms with Gasteiger partial charge in [0.2, 0.25) is 0 Å². The zero-order valence-corrected chi connectivity index (χ0v) is 10.3. The molecule has 0 amide bonds. The molecule has 84 valence electrons. The Balaban J connectivity index is 0.00000196. The lowest BCUT2D eigenvalue weighted by Gasteiger charge is -2.12. The lowest BCUT2D eigenvalue weighted by molar-refractivity contribution is 0.420. The average molecular weight is 297 g/mol. The second kappa shape index (κ2) is 6.10. The van der Waals surface area contributed by atoms with Crippen LogP contribution in [0.2, 0.25) is 0 Å². The Hall–Kier alpha value is -0.580. The van der Waals surface area contributed by atoms with Crippen LogP contribution in [0.15, 0.2) is 29.3 Å². The van der Waals surface area contributed by atoms with Crippen LogP contribution in [0.1, 0.15) is 18.0 Å². The van der Waals surface area contributed by atoms with Crippen molar-refractivity contribution in [2.45, 2.75) is 12.5 Å². The van der Waals surface area contributed by atoms with Crippen LogP contribution in [0.3, 0.4) is 0 Å². The van der Waals surface area contributed by atoms with E-state index in [4.69, 9.17) is 5.73 Å². The minimum absolute atomic E-state index is 0. The summed E-state index contributed by atoms with van der Waals surface area (Å²) in [5.74, 6) is -1.06. The molecule has 0 aromatic heterocycles. The molecule has 0 unspecified atom stereocenters. The van der Waals surface area contributed by atoms with Gasteiger partial charge in [-0.2, -0.15) is 0 Å². The molecule has 15 heavy (non-hydrogen) atoms. The zero-order valence-electron chi connectivity index (χ0n) is 7.91. The Bertz CT molecular complexity index is 360. The normalized spacial score (nSPS) is 11.7. The highest BCUT2D eigenvalue weighted by molar-refractivity contribution is 9.10. The molecule has 3 N–H and O–H groups in total. The second-order valence-corrected chi connectivity index (χ2v) is 3.87. The van der Waals surface area contributed by atoms with Crippen LogP contribution in [-0.4, -0.2) is 5.11 Å². The van der Waals surface area contributed by atoms with Gasteiger partial charge in [0.15, 0.2) is 11.6 Å². The lowest BCUT2D eigenvalue weighted by Crippen LogP contribution is -2.09. The van der Waals surface area contributed by atoms with Gasteiger partial charge >= 0.3 is 0 Å². The van der Waals surface area contributed by atoms with E-state index in [1.54, 1.807) is 12.1 Å². The van der Waals surface area contributed by atoms with Crippen molar-refractivity contribution >= 4 is 28.3 Å². The Morgan fingerprint density at radius 2 is 2.20 bits per heavy atom. The molecular formula is C10H12BrClFNO. The average Bonchev–Trinajstić information content (AvgIpc) is 2.11. The molecule has 0 aliphatic carbocycles. The molecule has 0 spiro atoms. The van der Waals surface area contributed by atoms with Crippen LogP contribution in [0.25, 0.3) is 0 Å². The van der Waals surface area contributed by atoms with Gasteiger partial charge in [-0.3, -0.25) is 0 Å². The highest BCUT2D eigenvalue weighted by Gasteiger charge is 2.14. The molecule has 0 radical (unpaired) electrons. The van der Waals surface area contributed by atoms with E-state index >= 15 is 0 Å². The predicted molar refractivity (Wildman–Crippen MR) is 64.8 cm³/mol. The smallest absolute Gasteiger partial charge is 0.166 e. The molecule has 0 aliphatic heterocycles. The van der Waals surface area contributed by atoms with Crippen LogP contribution in [0.5, 0.6) is 5.75 Å². The first-order valence-electron chi connectivity index (χ1n) is 4.10. The minimum atomic E-state index is -0.672. The Morgan fingerprint density at radius 1 is 1.60 bits per heavy atom. The van der Waals surface area contributed by atoms with E-state index in [1.165, 1.54) is 6.07 Å². The summed E-state index contributed by atoms with van der Waals surface area (Å²) < 4.78 is 13.6. The summed E-state index contributed by atoms with van der Waals surface area (Å²) >= 11 is 3.13. The molecule has 0 aliphatic rings. The topological polar surface area (TPSA) is 46.2 Å². The van der Waals surface area contributed by atoms with Crippen molar-refractivity contribution in [1.29, 1.82) is 0 Å². The van der Waals surface area contributed by atoms with Crippen molar-refractivity contribution in [3.63, 3.8) is 0 Å². The predicted octanol–water partition coefficient (Wildman–Crippen LogP) is 3.29. The first kappa shape index (κ1) is 14.4. The first-order chi connectivity index (χ1) is 6.56. The summed E-state index contributed by atoms with van der Waals surface area (Å²) in [4.78, 5) is 0. The largest absolute Gasteiger partial charge is 0.505 e. The van der Waals surface area contributed by atoms with Crippen molar-refractivity contribution in [3.8, 4) is 5.75 Å². The molecule has 0 heterocycles. The van der Waals surface area contributed by atoms with E-state index in [1.807, 2.05) is 0 Å². The summed E-state index contributed by atoms with van der Waals surface area (Å²) in [6.45, 7) is 3.53. The van der Waals surface area contributed by atoms with E-state index in [2.05, 4.69) is 22.5 Å². The van der Waals surface area contributed by atoms with E-state index in [9.17, 15) is 9.50 Å². The summed E-state index contributed by atoms with van der Waals surface area (Å²) in [7, 11) is 0. The maximum absolute atomic E-state index is 13.1. The minimum Gasteiger partial charge on any atom is -0.505 e. The Kier molecular flexibility index (Phi) is 5.87. The van der Waals surface area contributed by atoms with Crippen molar-refractivity contribution in [2.75, 3.05) is 0 Å². The third-order valence-corrected chi connectivity index (χ3v) is 2.34. The third kappa shape index (κ3) is 3.48. The van der Waals surface area contributed by atoms with Crippen LogP contribution < -0.4 is 5.73 Å². The van der Waals surface area contributed by atoms with Crippen LogP contribution in [-0.2, 0) is 0 Å². The highest BCUT2D eigenvalue weighted by Crippen LogP contribution is 2.30. The SMILES string of the molecule is C=CC[C@@H](N)c1cc(Br)cc(F)c1O.Cl. The number of benzene rings is 1. The molecule has 1 rings (SSSR count). The van der Waals surface area contributed by atoms with Gasteiger partial charge in [-0.05, 0) is 18.6 Å². The molecule has 0 saturated heterocycles. The number of hydrogen-bond donors (Lipinski definition) is 2. The van der Waals surface area contributed by atoms with Gasteiger partial charge < -0.3 is 10.8 Å². The number of nitrogens with two attached hydrogens (primary N) is 1. The van der Waals surface area contributed by atoms with E-state index in [0.717, 1.165) is 0 Å². The standard InChI is InChI=1S/C10H11BrFNO.ClH/c1-2-3-9(13)7-4-6(11)5-8(12)10(7)14;/h2,4-5,9,14H,1,3,13H2;1H/t9-;/m1./s1. The van der Waals surface area contributed by atoms with Crippen molar-refractivity contribution < 1.29 is 9.50 Å². The second-order valence-electron chi connectivity index (χ2n) is 2.96. The summed E-state index contributed by atoms with van der Waals surface area (Å²) in [5.41, 5.74) is 6.11. The fourth-order valence-corrected chi connectivity index (χ4v) is 1.62. The molecular weight excluding hydrogens is 284 g/mol. The van der Waals surface area contributed by atoms with Crippen molar-refractivity contribution in [3.05, 3.63) is 40.6 Å². The number of phenolic OH excluding ortho intramolecular Hbond substituents is 1. The van der Waals surface area contributed by atoms with Gasteiger partial charge in [-0.25, -0.2) is 4.39 Å². The zero-order chi connectivity index (χ0) is 10.7. The monoisotopic (exact) mass is 295 g/mol. The molecule has 5 heteroatoms. The maximum atomic E-state index is 13.1. The third-order valence-electron chi connectivity index (χ3n) is 1.88. The van der Waals surface area contributed by atoms with E-state index in [-0.39, 0.29) is 18.2 Å². The van der Waals surface area contributed by atoms with E-state index in [0.29, 0.717) is 16.5 Å². The van der Waals surface area contributed by atoms with Crippen LogP contribution >= 0.6 is 28.3 Å². The number of hydrogen-bond acceptors (Lipinski definition) is 2. The van der Waals surface area contributed by atoms with Crippen LogP contribution in [0.4, 0.5) is 4.39 Å². The molecule has 1 aromatic rings. The molecule has 0 fully saturated rings. The molecule has 0 saturated carbocycles. The van der Waals surface area contributed by atoms with Gasteiger partial charge in [0, 0.05) is 16.1 Å². The van der Waals surface area contributed by atoms with Crippen molar-refractivity contribution in [1.82, 2.24) is 0 Å². The molecule has 1 aromatic carbocycles. The lowest BCUT2D eigenvalue weighted by atomic mass is 10.0. The fraction of sp³-hybridized carbons (Fsp3) is 0.200.